The molecule has 0 aromatic rings. The van der Waals surface area contributed by atoms with E-state index in [1.807, 2.05) is 6.92 Å². The molecule has 4 heteroatoms. The molecule has 1 heterocycles. The van der Waals surface area contributed by atoms with Gasteiger partial charge in [-0.25, -0.2) is 0 Å². The minimum atomic E-state index is 0.0541. The molecule has 0 aromatic carbocycles. The van der Waals surface area contributed by atoms with Gasteiger partial charge in [0, 0.05) is 20.1 Å². The van der Waals surface area contributed by atoms with Gasteiger partial charge in [0.05, 0.1) is 17.9 Å². The van der Waals surface area contributed by atoms with Gasteiger partial charge in [0.1, 0.15) is 0 Å². The van der Waals surface area contributed by atoms with Gasteiger partial charge in [0.15, 0.2) is 0 Å². The Labute approximate surface area is 84.9 Å². The molecule has 1 aliphatic heterocycles. The minimum Gasteiger partial charge on any atom is -0.359 e. The van der Waals surface area contributed by atoms with Gasteiger partial charge in [-0.15, -0.1) is 0 Å². The molecule has 0 saturated carbocycles. The molecule has 2 atom stereocenters. The van der Waals surface area contributed by atoms with Gasteiger partial charge >= 0.3 is 0 Å². The molecule has 0 aromatic heterocycles. The highest BCUT2D eigenvalue weighted by Crippen LogP contribution is 2.17. The smallest absolute Gasteiger partial charge is 0.224 e. The number of amides is 1. The van der Waals surface area contributed by atoms with Crippen LogP contribution in [0.15, 0.2) is 0 Å². The lowest BCUT2D eigenvalue weighted by atomic mass is 10.1. The molecule has 1 aliphatic rings. The standard InChI is InChI=1S/C10H17N3O/c1-8(5-11)6-13-4-3-9(7-13)10(14)12-2/h8-9H,3-4,6-7H2,1-2H3,(H,12,14). The summed E-state index contributed by atoms with van der Waals surface area (Å²) in [5.74, 6) is 0.293. The van der Waals surface area contributed by atoms with Gasteiger partial charge < -0.3 is 10.2 Å². The van der Waals surface area contributed by atoms with Crippen molar-refractivity contribution in [2.75, 3.05) is 26.7 Å². The summed E-state index contributed by atoms with van der Waals surface area (Å²) in [6, 6.07) is 2.21. The number of carbonyl (C=O) groups is 1. The van der Waals surface area contributed by atoms with E-state index < -0.39 is 0 Å². The molecule has 2 unspecified atom stereocenters. The van der Waals surface area contributed by atoms with E-state index in [-0.39, 0.29) is 17.7 Å². The highest BCUT2D eigenvalue weighted by molar-refractivity contribution is 5.78. The summed E-state index contributed by atoms with van der Waals surface area (Å²) in [4.78, 5) is 13.5. The Morgan fingerprint density at radius 3 is 3.07 bits per heavy atom. The topological polar surface area (TPSA) is 56.1 Å². The Morgan fingerprint density at radius 2 is 2.50 bits per heavy atom. The number of hydrogen-bond donors (Lipinski definition) is 1. The van der Waals surface area contributed by atoms with Crippen LogP contribution in [0.4, 0.5) is 0 Å². The summed E-state index contributed by atoms with van der Waals surface area (Å²) in [5, 5.41) is 11.3. The van der Waals surface area contributed by atoms with Crippen LogP contribution < -0.4 is 5.32 Å². The van der Waals surface area contributed by atoms with Crippen LogP contribution >= 0.6 is 0 Å². The van der Waals surface area contributed by atoms with Crippen molar-refractivity contribution in [3.05, 3.63) is 0 Å². The average Bonchev–Trinajstić information content (AvgIpc) is 2.65. The van der Waals surface area contributed by atoms with Crippen LogP contribution in [0.1, 0.15) is 13.3 Å². The van der Waals surface area contributed by atoms with E-state index in [4.69, 9.17) is 5.26 Å². The Bertz CT molecular complexity index is 246. The summed E-state index contributed by atoms with van der Waals surface area (Å²) >= 11 is 0. The predicted molar refractivity (Wildman–Crippen MR) is 53.4 cm³/mol. The van der Waals surface area contributed by atoms with Crippen molar-refractivity contribution >= 4 is 5.91 Å². The largest absolute Gasteiger partial charge is 0.359 e. The van der Waals surface area contributed by atoms with Gasteiger partial charge in [-0.05, 0) is 19.9 Å². The first-order chi connectivity index (χ1) is 6.67. The summed E-state index contributed by atoms with van der Waals surface area (Å²) in [6.45, 7) is 4.42. The van der Waals surface area contributed by atoms with Crippen LogP contribution in [0.2, 0.25) is 0 Å². The number of nitriles is 1. The first-order valence-electron chi connectivity index (χ1n) is 5.01. The molecular weight excluding hydrogens is 178 g/mol. The van der Waals surface area contributed by atoms with Crippen LogP contribution in [-0.4, -0.2) is 37.5 Å². The fourth-order valence-corrected chi connectivity index (χ4v) is 1.84. The first-order valence-corrected chi connectivity index (χ1v) is 5.01. The normalized spacial score (nSPS) is 24.2. The fraction of sp³-hybridized carbons (Fsp3) is 0.800. The maximum atomic E-state index is 11.3. The molecule has 4 nitrogen and oxygen atoms in total. The lowest BCUT2D eigenvalue weighted by Gasteiger charge is -2.16. The Kier molecular flexibility index (Phi) is 3.90. The molecule has 0 spiro atoms. The molecule has 1 saturated heterocycles. The van der Waals surface area contributed by atoms with Crippen molar-refractivity contribution in [3.8, 4) is 6.07 Å². The van der Waals surface area contributed by atoms with Crippen LogP contribution in [0, 0.1) is 23.2 Å². The SMILES string of the molecule is CNC(=O)C1CCN(CC(C)C#N)C1. The zero-order valence-corrected chi connectivity index (χ0v) is 8.79. The molecule has 1 rings (SSSR count). The van der Waals surface area contributed by atoms with E-state index in [0.29, 0.717) is 0 Å². The number of nitrogens with zero attached hydrogens (tertiary/aromatic N) is 2. The molecule has 0 bridgehead atoms. The van der Waals surface area contributed by atoms with Gasteiger partial charge in [-0.3, -0.25) is 4.79 Å². The average molecular weight is 195 g/mol. The van der Waals surface area contributed by atoms with E-state index in [1.165, 1.54) is 0 Å². The van der Waals surface area contributed by atoms with Crippen molar-refractivity contribution in [3.63, 3.8) is 0 Å². The summed E-state index contributed by atoms with van der Waals surface area (Å²) in [5.41, 5.74) is 0. The number of likely N-dealkylation sites (tertiary alicyclic amines) is 1. The van der Waals surface area contributed by atoms with Crippen molar-refractivity contribution in [2.24, 2.45) is 11.8 Å². The molecule has 1 fully saturated rings. The number of nitrogens with one attached hydrogen (secondary N) is 1. The van der Waals surface area contributed by atoms with Crippen molar-refractivity contribution in [1.82, 2.24) is 10.2 Å². The van der Waals surface area contributed by atoms with Crippen molar-refractivity contribution in [2.45, 2.75) is 13.3 Å². The zero-order chi connectivity index (χ0) is 10.6. The van der Waals surface area contributed by atoms with Gasteiger partial charge in [-0.1, -0.05) is 0 Å². The Hall–Kier alpha value is -1.08. The van der Waals surface area contributed by atoms with Crippen LogP contribution in [0.25, 0.3) is 0 Å². The predicted octanol–water partition coefficient (Wildman–Crippen LogP) is 0.214. The monoisotopic (exact) mass is 195 g/mol. The molecule has 78 valence electrons. The van der Waals surface area contributed by atoms with Crippen LogP contribution in [-0.2, 0) is 4.79 Å². The van der Waals surface area contributed by atoms with Crippen molar-refractivity contribution in [1.29, 1.82) is 5.26 Å². The number of rotatable bonds is 3. The maximum Gasteiger partial charge on any atom is 0.224 e. The van der Waals surface area contributed by atoms with E-state index in [0.717, 1.165) is 26.1 Å². The Morgan fingerprint density at radius 1 is 1.79 bits per heavy atom. The summed E-state index contributed by atoms with van der Waals surface area (Å²) in [6.07, 6.45) is 0.915. The minimum absolute atomic E-state index is 0.0541. The molecule has 1 amide bonds. The molecule has 0 aliphatic carbocycles. The zero-order valence-electron chi connectivity index (χ0n) is 8.79. The molecular formula is C10H17N3O. The highest BCUT2D eigenvalue weighted by Gasteiger charge is 2.27. The second-order valence-electron chi connectivity index (χ2n) is 3.89. The Balaban J connectivity index is 2.35. The maximum absolute atomic E-state index is 11.3. The van der Waals surface area contributed by atoms with E-state index in [2.05, 4.69) is 16.3 Å². The lowest BCUT2D eigenvalue weighted by Crippen LogP contribution is -2.31. The van der Waals surface area contributed by atoms with E-state index in [9.17, 15) is 4.79 Å². The molecule has 0 radical (unpaired) electrons. The van der Waals surface area contributed by atoms with Gasteiger partial charge in [0.2, 0.25) is 5.91 Å². The quantitative estimate of drug-likeness (QED) is 0.700. The second-order valence-corrected chi connectivity index (χ2v) is 3.89. The highest BCUT2D eigenvalue weighted by atomic mass is 16.1. The van der Waals surface area contributed by atoms with Gasteiger partial charge in [0.25, 0.3) is 0 Å². The summed E-state index contributed by atoms with van der Waals surface area (Å²) < 4.78 is 0. The van der Waals surface area contributed by atoms with Gasteiger partial charge in [-0.2, -0.15) is 5.26 Å². The fourth-order valence-electron chi connectivity index (χ4n) is 1.84. The third-order valence-electron chi connectivity index (χ3n) is 2.64. The van der Waals surface area contributed by atoms with Crippen molar-refractivity contribution < 1.29 is 4.79 Å². The third-order valence-corrected chi connectivity index (χ3v) is 2.64. The lowest BCUT2D eigenvalue weighted by molar-refractivity contribution is -0.124. The van der Waals surface area contributed by atoms with E-state index >= 15 is 0 Å². The third kappa shape index (κ3) is 2.71. The number of hydrogen-bond acceptors (Lipinski definition) is 3. The number of carbonyl (C=O) groups excluding carboxylic acids is 1. The summed E-state index contributed by atoms with van der Waals surface area (Å²) in [7, 11) is 1.67. The first kappa shape index (κ1) is 11.0. The van der Waals surface area contributed by atoms with Crippen LogP contribution in [0.3, 0.4) is 0 Å². The molecule has 14 heavy (non-hydrogen) atoms. The second kappa shape index (κ2) is 4.97. The van der Waals surface area contributed by atoms with E-state index in [1.54, 1.807) is 7.05 Å². The van der Waals surface area contributed by atoms with Crippen LogP contribution in [0.5, 0.6) is 0 Å². The molecule has 1 N–H and O–H groups in total.